The SMILES string of the molecule is Cl.[NaH].c1ccc(C[n+]2ccccc2)cc1. The van der Waals surface area contributed by atoms with E-state index in [4.69, 9.17) is 0 Å². The first-order valence-corrected chi connectivity index (χ1v) is 4.43. The van der Waals surface area contributed by atoms with Crippen LogP contribution in [0.25, 0.3) is 0 Å². The van der Waals surface area contributed by atoms with Gasteiger partial charge in [0.15, 0.2) is 18.9 Å². The van der Waals surface area contributed by atoms with E-state index in [9.17, 15) is 0 Å². The van der Waals surface area contributed by atoms with Crippen molar-refractivity contribution < 1.29 is 4.57 Å². The topological polar surface area (TPSA) is 3.88 Å². The molecule has 0 aliphatic carbocycles. The molecule has 0 N–H and O–H groups in total. The van der Waals surface area contributed by atoms with Gasteiger partial charge in [-0.05, 0) is 0 Å². The zero-order valence-corrected chi connectivity index (χ0v) is 8.65. The van der Waals surface area contributed by atoms with Gasteiger partial charge in [-0.25, -0.2) is 4.57 Å². The second kappa shape index (κ2) is 7.89. The zero-order chi connectivity index (χ0) is 8.93. The van der Waals surface area contributed by atoms with Gasteiger partial charge in [-0.2, -0.15) is 0 Å². The third kappa shape index (κ3) is 4.80. The van der Waals surface area contributed by atoms with Crippen LogP contribution in [0.2, 0.25) is 0 Å². The molecule has 0 fully saturated rings. The van der Waals surface area contributed by atoms with Crippen LogP contribution in [0.3, 0.4) is 0 Å². The number of rotatable bonds is 2. The van der Waals surface area contributed by atoms with Crippen LogP contribution in [0.15, 0.2) is 60.9 Å². The molecule has 0 saturated heterocycles. The first kappa shape index (κ1) is 14.7. The summed E-state index contributed by atoms with van der Waals surface area (Å²) in [6.07, 6.45) is 4.15. The first-order valence-electron chi connectivity index (χ1n) is 4.43. The van der Waals surface area contributed by atoms with Crippen molar-refractivity contribution in [3.05, 3.63) is 66.5 Å². The number of pyridine rings is 1. The molecule has 1 aromatic heterocycles. The van der Waals surface area contributed by atoms with E-state index in [0.717, 1.165) is 6.54 Å². The number of hydrogen-bond donors (Lipinski definition) is 0. The quantitative estimate of drug-likeness (QED) is 0.547. The molecule has 1 aromatic carbocycles. The van der Waals surface area contributed by atoms with Gasteiger partial charge in [-0.1, -0.05) is 36.4 Å². The minimum Gasteiger partial charge on any atom is -0.201 e. The number of aromatic nitrogens is 1. The van der Waals surface area contributed by atoms with Crippen molar-refractivity contribution >= 4 is 42.0 Å². The van der Waals surface area contributed by atoms with E-state index in [1.807, 2.05) is 24.3 Å². The molecule has 0 saturated carbocycles. The molecule has 2 aromatic rings. The number of hydrogen-bond acceptors (Lipinski definition) is 0. The van der Waals surface area contributed by atoms with Gasteiger partial charge in [0.2, 0.25) is 0 Å². The molecule has 15 heavy (non-hydrogen) atoms. The predicted molar refractivity (Wildman–Crippen MR) is 66.6 cm³/mol. The van der Waals surface area contributed by atoms with Crippen molar-refractivity contribution in [1.82, 2.24) is 0 Å². The van der Waals surface area contributed by atoms with Gasteiger partial charge in [0.1, 0.15) is 0 Å². The van der Waals surface area contributed by atoms with Crippen LogP contribution in [0.5, 0.6) is 0 Å². The average molecular weight is 231 g/mol. The number of benzene rings is 1. The molecule has 3 heteroatoms. The standard InChI is InChI=1S/C12H12N.ClH.Na.H/c1-3-7-12(8-4-1)11-13-9-5-2-6-10-13;;;/h1-10H,11H2;1H;;/q+1;;;. The molecule has 1 nitrogen and oxygen atoms in total. The molecule has 0 atom stereocenters. The van der Waals surface area contributed by atoms with Crippen LogP contribution < -0.4 is 4.57 Å². The second-order valence-electron chi connectivity index (χ2n) is 3.03. The van der Waals surface area contributed by atoms with Gasteiger partial charge >= 0.3 is 29.6 Å². The Morgan fingerprint density at radius 1 is 0.800 bits per heavy atom. The minimum atomic E-state index is 0. The number of halogens is 1. The molecule has 0 aliphatic heterocycles. The van der Waals surface area contributed by atoms with Crippen molar-refractivity contribution in [2.75, 3.05) is 0 Å². The summed E-state index contributed by atoms with van der Waals surface area (Å²) in [5.74, 6) is 0. The Balaban J connectivity index is 0.000000980. The summed E-state index contributed by atoms with van der Waals surface area (Å²) >= 11 is 0. The average Bonchev–Trinajstić information content (AvgIpc) is 2.21. The fraction of sp³-hybridized carbons (Fsp3) is 0.0833. The summed E-state index contributed by atoms with van der Waals surface area (Å²) in [5, 5.41) is 0. The van der Waals surface area contributed by atoms with Crippen LogP contribution in [-0.2, 0) is 6.54 Å². The van der Waals surface area contributed by atoms with E-state index in [1.165, 1.54) is 5.56 Å². The fourth-order valence-electron chi connectivity index (χ4n) is 1.33. The van der Waals surface area contributed by atoms with Crippen LogP contribution in [0.1, 0.15) is 5.56 Å². The molecular formula is C12H14ClNNa+. The van der Waals surface area contributed by atoms with Crippen molar-refractivity contribution in [2.24, 2.45) is 0 Å². The molecule has 0 radical (unpaired) electrons. The van der Waals surface area contributed by atoms with E-state index in [2.05, 4.69) is 41.2 Å². The maximum Gasteiger partial charge on any atom is 0.173 e. The molecule has 2 rings (SSSR count). The van der Waals surface area contributed by atoms with E-state index in [1.54, 1.807) is 0 Å². The predicted octanol–water partition coefficient (Wildman–Crippen LogP) is 1.80. The summed E-state index contributed by atoms with van der Waals surface area (Å²) in [6.45, 7) is 0.946. The minimum absolute atomic E-state index is 0. The Bertz CT molecular complexity index is 326. The molecule has 0 amide bonds. The van der Waals surface area contributed by atoms with Gasteiger partial charge in [0.05, 0.1) is 0 Å². The maximum absolute atomic E-state index is 2.16. The van der Waals surface area contributed by atoms with Crippen molar-refractivity contribution in [3.8, 4) is 0 Å². The largest absolute Gasteiger partial charge is 0.201 e. The van der Waals surface area contributed by atoms with Crippen LogP contribution in [-0.4, -0.2) is 29.6 Å². The molecule has 1 heterocycles. The zero-order valence-electron chi connectivity index (χ0n) is 7.84. The van der Waals surface area contributed by atoms with Crippen molar-refractivity contribution in [2.45, 2.75) is 6.54 Å². The Labute approximate surface area is 119 Å². The van der Waals surface area contributed by atoms with Crippen molar-refractivity contribution in [1.29, 1.82) is 0 Å². The smallest absolute Gasteiger partial charge is 0.173 e. The van der Waals surface area contributed by atoms with Crippen LogP contribution in [0, 0.1) is 0 Å². The third-order valence-corrected chi connectivity index (χ3v) is 1.99. The molecule has 0 aliphatic rings. The molecule has 0 unspecified atom stereocenters. The maximum atomic E-state index is 2.16. The van der Waals surface area contributed by atoms with E-state index in [-0.39, 0.29) is 42.0 Å². The van der Waals surface area contributed by atoms with Crippen LogP contribution in [0.4, 0.5) is 0 Å². The Morgan fingerprint density at radius 2 is 1.33 bits per heavy atom. The van der Waals surface area contributed by atoms with Gasteiger partial charge in [-0.15, -0.1) is 12.4 Å². The summed E-state index contributed by atoms with van der Waals surface area (Å²) in [5.41, 5.74) is 1.33. The Kier molecular flexibility index (Phi) is 7.71. The molecule has 0 bridgehead atoms. The third-order valence-electron chi connectivity index (χ3n) is 1.99. The second-order valence-corrected chi connectivity index (χ2v) is 3.03. The van der Waals surface area contributed by atoms with Gasteiger partial charge in [0.25, 0.3) is 0 Å². The first-order chi connectivity index (χ1) is 6.45. The number of nitrogens with zero attached hydrogens (tertiary/aromatic N) is 1. The summed E-state index contributed by atoms with van der Waals surface area (Å²) in [4.78, 5) is 0. The monoisotopic (exact) mass is 230 g/mol. The van der Waals surface area contributed by atoms with Gasteiger partial charge in [0, 0.05) is 17.7 Å². The fourth-order valence-corrected chi connectivity index (χ4v) is 1.33. The van der Waals surface area contributed by atoms with E-state index < -0.39 is 0 Å². The van der Waals surface area contributed by atoms with E-state index in [0.29, 0.717) is 0 Å². The van der Waals surface area contributed by atoms with Crippen LogP contribution >= 0.6 is 12.4 Å². The Hall–Kier alpha value is -0.340. The summed E-state index contributed by atoms with van der Waals surface area (Å²) in [6, 6.07) is 16.6. The molecule has 74 valence electrons. The van der Waals surface area contributed by atoms with Gasteiger partial charge < -0.3 is 0 Å². The Morgan fingerprint density at radius 3 is 1.93 bits per heavy atom. The van der Waals surface area contributed by atoms with E-state index >= 15 is 0 Å². The summed E-state index contributed by atoms with van der Waals surface area (Å²) < 4.78 is 2.16. The summed E-state index contributed by atoms with van der Waals surface area (Å²) in [7, 11) is 0. The van der Waals surface area contributed by atoms with Gasteiger partial charge in [-0.3, -0.25) is 0 Å². The normalized spacial score (nSPS) is 8.53. The molecule has 0 spiro atoms. The van der Waals surface area contributed by atoms with Crippen molar-refractivity contribution in [3.63, 3.8) is 0 Å². The molecular weight excluding hydrogens is 217 g/mol.